The monoisotopic (exact) mass is 293 g/mol. The fourth-order valence-corrected chi connectivity index (χ4v) is 3.31. The minimum Gasteiger partial charge on any atom is -0.294 e. The van der Waals surface area contributed by atoms with Crippen LogP contribution in [0.25, 0.3) is 15.2 Å². The molecule has 0 spiro atoms. The van der Waals surface area contributed by atoms with Crippen molar-refractivity contribution in [2.24, 2.45) is 5.84 Å². The molecule has 0 aliphatic carbocycles. The minimum atomic E-state index is -0.233. The minimum absolute atomic E-state index is 0.233. The van der Waals surface area contributed by atoms with E-state index >= 15 is 0 Å². The predicted molar refractivity (Wildman–Crippen MR) is 76.3 cm³/mol. The van der Waals surface area contributed by atoms with E-state index in [4.69, 9.17) is 18.1 Å². The highest BCUT2D eigenvalue weighted by Crippen LogP contribution is 2.25. The number of carbonyl (C=O) groups is 1. The molecule has 3 N–H and O–H groups in total. The van der Waals surface area contributed by atoms with Crippen LogP contribution in [0, 0.1) is 4.77 Å². The van der Waals surface area contributed by atoms with Gasteiger partial charge in [0, 0.05) is 6.42 Å². The largest absolute Gasteiger partial charge is 0.294 e. The second-order valence-electron chi connectivity index (χ2n) is 4.01. The summed E-state index contributed by atoms with van der Waals surface area (Å²) < 4.78 is 5.32. The van der Waals surface area contributed by atoms with Gasteiger partial charge < -0.3 is 0 Å². The van der Waals surface area contributed by atoms with E-state index in [1.807, 2.05) is 28.7 Å². The number of amides is 1. The highest BCUT2D eigenvalue weighted by Gasteiger charge is 2.11. The Morgan fingerprint density at radius 1 is 1.47 bits per heavy atom. The van der Waals surface area contributed by atoms with Gasteiger partial charge in [0.15, 0.2) is 0 Å². The topological polar surface area (TPSA) is 77.3 Å². The second-order valence-corrected chi connectivity index (χ2v) is 5.39. The summed E-state index contributed by atoms with van der Waals surface area (Å²) in [7, 11) is 0. The number of aromatic nitrogens is 3. The summed E-state index contributed by atoms with van der Waals surface area (Å²) in [6.07, 6.45) is 0.258. The molecule has 0 bridgehead atoms. The zero-order valence-electron chi connectivity index (χ0n) is 9.87. The number of nitrogens with one attached hydrogen (secondary N) is 1. The molecule has 19 heavy (non-hydrogen) atoms. The molecule has 0 aliphatic rings. The van der Waals surface area contributed by atoms with Crippen LogP contribution in [0.15, 0.2) is 24.3 Å². The molecular formula is C11H11N5OS2. The number of hydrazine groups is 1. The maximum absolute atomic E-state index is 11.1. The third-order valence-corrected chi connectivity index (χ3v) is 4.23. The number of rotatable bonds is 3. The van der Waals surface area contributed by atoms with Gasteiger partial charge in [-0.05, 0) is 24.4 Å². The van der Waals surface area contributed by atoms with Crippen molar-refractivity contribution in [3.63, 3.8) is 0 Å². The van der Waals surface area contributed by atoms with Crippen LogP contribution < -0.4 is 11.3 Å². The number of aryl methyl sites for hydroxylation is 1. The van der Waals surface area contributed by atoms with Gasteiger partial charge in [0.1, 0.15) is 0 Å². The number of benzene rings is 1. The summed E-state index contributed by atoms with van der Waals surface area (Å²) in [6, 6.07) is 8.00. The fourth-order valence-electron chi connectivity index (χ4n) is 1.91. The number of hydrogen-bond donors (Lipinski definition) is 2. The van der Waals surface area contributed by atoms with Crippen LogP contribution >= 0.6 is 23.6 Å². The summed E-state index contributed by atoms with van der Waals surface area (Å²) in [4.78, 5) is 12.0. The van der Waals surface area contributed by atoms with Crippen molar-refractivity contribution in [1.82, 2.24) is 19.6 Å². The van der Waals surface area contributed by atoms with Crippen molar-refractivity contribution in [3.05, 3.63) is 29.0 Å². The number of thiazole rings is 1. The van der Waals surface area contributed by atoms with Gasteiger partial charge in [-0.2, -0.15) is 0 Å². The zero-order chi connectivity index (χ0) is 13.4. The van der Waals surface area contributed by atoms with Gasteiger partial charge in [-0.3, -0.25) is 14.6 Å². The molecule has 1 amide bonds. The molecule has 8 heteroatoms. The van der Waals surface area contributed by atoms with E-state index in [-0.39, 0.29) is 12.3 Å². The summed E-state index contributed by atoms with van der Waals surface area (Å²) >= 11 is 6.98. The Morgan fingerprint density at radius 3 is 3.05 bits per heavy atom. The SMILES string of the molecule is NNC(=O)CCn1nc2sc3ccccc3n2c1=S. The lowest BCUT2D eigenvalue weighted by atomic mass is 10.3. The summed E-state index contributed by atoms with van der Waals surface area (Å²) in [6.45, 7) is 0.421. The van der Waals surface area contributed by atoms with E-state index in [1.54, 1.807) is 16.0 Å². The molecule has 0 atom stereocenters. The third-order valence-electron chi connectivity index (χ3n) is 2.83. The van der Waals surface area contributed by atoms with E-state index in [0.29, 0.717) is 11.3 Å². The quantitative estimate of drug-likeness (QED) is 0.332. The molecule has 0 unspecified atom stereocenters. The van der Waals surface area contributed by atoms with Gasteiger partial charge in [0.05, 0.1) is 16.8 Å². The molecule has 98 valence electrons. The standard InChI is InChI=1S/C11H11N5OS2/c12-13-9(17)5-6-15-11(18)16-7-3-1-2-4-8(7)19-10(16)14-15/h1-4H,5-6,12H2,(H,13,17). The van der Waals surface area contributed by atoms with Gasteiger partial charge in [0.2, 0.25) is 15.6 Å². The lowest BCUT2D eigenvalue weighted by Crippen LogP contribution is -2.30. The molecule has 6 nitrogen and oxygen atoms in total. The Kier molecular flexibility index (Phi) is 3.05. The van der Waals surface area contributed by atoms with E-state index < -0.39 is 0 Å². The molecule has 2 heterocycles. The summed E-state index contributed by atoms with van der Waals surface area (Å²) in [5.74, 6) is 4.81. The van der Waals surface area contributed by atoms with Gasteiger partial charge >= 0.3 is 0 Å². The van der Waals surface area contributed by atoms with Crippen LogP contribution in [-0.2, 0) is 11.3 Å². The molecule has 0 aliphatic heterocycles. The van der Waals surface area contributed by atoms with Crippen molar-refractivity contribution < 1.29 is 4.79 Å². The molecule has 3 aromatic rings. The van der Waals surface area contributed by atoms with Crippen LogP contribution in [0.5, 0.6) is 0 Å². The summed E-state index contributed by atoms with van der Waals surface area (Å²) in [5.41, 5.74) is 3.14. The van der Waals surface area contributed by atoms with Crippen molar-refractivity contribution in [1.29, 1.82) is 0 Å². The maximum Gasteiger partial charge on any atom is 0.235 e. The van der Waals surface area contributed by atoms with E-state index in [1.165, 1.54) is 0 Å². The molecule has 2 aromatic heterocycles. The fraction of sp³-hybridized carbons (Fsp3) is 0.182. The van der Waals surface area contributed by atoms with Crippen LogP contribution in [0.3, 0.4) is 0 Å². The average molecular weight is 293 g/mol. The first-order chi connectivity index (χ1) is 9.20. The van der Waals surface area contributed by atoms with Crippen molar-refractivity contribution in [2.75, 3.05) is 0 Å². The molecule has 0 radical (unpaired) electrons. The molecule has 0 saturated carbocycles. The number of nitrogens with zero attached hydrogens (tertiary/aromatic N) is 3. The Hall–Kier alpha value is -1.77. The Labute approximate surface area is 117 Å². The Morgan fingerprint density at radius 2 is 2.26 bits per heavy atom. The first-order valence-electron chi connectivity index (χ1n) is 5.67. The zero-order valence-corrected chi connectivity index (χ0v) is 11.5. The average Bonchev–Trinajstić information content (AvgIpc) is 2.93. The number of para-hydroxylation sites is 1. The molecule has 0 saturated heterocycles. The molecule has 0 fully saturated rings. The first-order valence-corrected chi connectivity index (χ1v) is 6.90. The van der Waals surface area contributed by atoms with E-state index in [0.717, 1.165) is 15.2 Å². The van der Waals surface area contributed by atoms with Crippen molar-refractivity contribution in [2.45, 2.75) is 13.0 Å². The van der Waals surface area contributed by atoms with Crippen molar-refractivity contribution >= 4 is 44.6 Å². The molecule has 1 aromatic carbocycles. The van der Waals surface area contributed by atoms with Crippen LogP contribution in [-0.4, -0.2) is 20.1 Å². The van der Waals surface area contributed by atoms with E-state index in [2.05, 4.69) is 10.5 Å². The van der Waals surface area contributed by atoms with Crippen molar-refractivity contribution in [3.8, 4) is 0 Å². The van der Waals surface area contributed by atoms with E-state index in [9.17, 15) is 4.79 Å². The number of fused-ring (bicyclic) bond motifs is 3. The maximum atomic E-state index is 11.1. The highest BCUT2D eigenvalue weighted by molar-refractivity contribution is 7.71. The smallest absolute Gasteiger partial charge is 0.235 e. The predicted octanol–water partition coefficient (Wildman–Crippen LogP) is 1.46. The number of carbonyl (C=O) groups excluding carboxylic acids is 1. The number of nitrogens with two attached hydrogens (primary N) is 1. The lowest BCUT2D eigenvalue weighted by molar-refractivity contribution is -0.121. The first kappa shape index (κ1) is 12.3. The second kappa shape index (κ2) is 4.72. The number of hydrogen-bond acceptors (Lipinski definition) is 5. The highest BCUT2D eigenvalue weighted by atomic mass is 32.1. The molecular weight excluding hydrogens is 282 g/mol. The van der Waals surface area contributed by atoms with Crippen LogP contribution in [0.1, 0.15) is 6.42 Å². The Bertz CT molecular complexity index is 815. The third kappa shape index (κ3) is 2.03. The Balaban J connectivity index is 2.06. The molecule has 3 rings (SSSR count). The van der Waals surface area contributed by atoms with Crippen LogP contribution in [0.4, 0.5) is 0 Å². The van der Waals surface area contributed by atoms with Crippen LogP contribution in [0.2, 0.25) is 0 Å². The van der Waals surface area contributed by atoms with Gasteiger partial charge in [-0.25, -0.2) is 10.5 Å². The normalized spacial score (nSPS) is 11.2. The lowest BCUT2D eigenvalue weighted by Gasteiger charge is -1.99. The van der Waals surface area contributed by atoms with Gasteiger partial charge in [-0.1, -0.05) is 23.5 Å². The van der Waals surface area contributed by atoms with Gasteiger partial charge in [0.25, 0.3) is 0 Å². The summed E-state index contributed by atoms with van der Waals surface area (Å²) in [5, 5.41) is 4.43. The van der Waals surface area contributed by atoms with Gasteiger partial charge in [-0.15, -0.1) is 5.10 Å².